The van der Waals surface area contributed by atoms with E-state index in [0.717, 1.165) is 12.1 Å². The van der Waals surface area contributed by atoms with Gasteiger partial charge in [0.25, 0.3) is 0 Å². The van der Waals surface area contributed by atoms with Crippen LogP contribution >= 0.6 is 23.2 Å². The van der Waals surface area contributed by atoms with Gasteiger partial charge >= 0.3 is 6.18 Å². The van der Waals surface area contributed by atoms with Crippen LogP contribution in [0.3, 0.4) is 0 Å². The minimum Gasteiger partial charge on any atom is -0.260 e. The highest BCUT2D eigenvalue weighted by Gasteiger charge is 2.31. The summed E-state index contributed by atoms with van der Waals surface area (Å²) in [7, 11) is 0. The van der Waals surface area contributed by atoms with Crippen LogP contribution in [0.25, 0.3) is 10.9 Å². The Bertz CT molecular complexity index is 989. The highest BCUT2D eigenvalue weighted by molar-refractivity contribution is 6.35. The van der Waals surface area contributed by atoms with Crippen molar-refractivity contribution in [2.45, 2.75) is 26.1 Å². The zero-order valence-corrected chi connectivity index (χ0v) is 16.3. The van der Waals surface area contributed by atoms with E-state index in [1.807, 2.05) is 6.92 Å². The molecule has 0 amide bonds. The van der Waals surface area contributed by atoms with E-state index >= 15 is 0 Å². The number of hydrogen-bond donors (Lipinski definition) is 1. The third kappa shape index (κ3) is 4.60. The third-order valence-corrected chi connectivity index (χ3v) is 4.98. The van der Waals surface area contributed by atoms with Crippen molar-refractivity contribution in [3.05, 3.63) is 63.3 Å². The zero-order chi connectivity index (χ0) is 20.5. The van der Waals surface area contributed by atoms with Crippen LogP contribution in [0.15, 0.2) is 36.4 Å². The summed E-state index contributed by atoms with van der Waals surface area (Å²) in [5.74, 6) is -0.0713. The lowest BCUT2D eigenvalue weighted by Crippen LogP contribution is -2.09. The Morgan fingerprint density at radius 3 is 2.57 bits per heavy atom. The molecule has 28 heavy (non-hydrogen) atoms. The molecule has 0 bridgehead atoms. The predicted molar refractivity (Wildman–Crippen MR) is 102 cm³/mol. The molecule has 1 aromatic heterocycles. The van der Waals surface area contributed by atoms with Crippen LogP contribution in [0.1, 0.15) is 23.7 Å². The summed E-state index contributed by atoms with van der Waals surface area (Å²) in [6.45, 7) is 2.14. The molecule has 0 fully saturated rings. The van der Waals surface area contributed by atoms with Crippen LogP contribution in [0, 0.1) is 5.92 Å². The third-order valence-electron chi connectivity index (χ3n) is 4.39. The SMILES string of the molecule is CC(COO)Cc1nn(Cc2ccc(Cl)cc2Cl)c2cc(C(F)(F)F)ccc12. The van der Waals surface area contributed by atoms with Gasteiger partial charge in [0, 0.05) is 15.4 Å². The predicted octanol–water partition coefficient (Wildman–Crippen LogP) is 6.08. The van der Waals surface area contributed by atoms with Gasteiger partial charge in [0.1, 0.15) is 0 Å². The maximum Gasteiger partial charge on any atom is 0.416 e. The molecule has 3 rings (SSSR count). The number of hydrogen-bond acceptors (Lipinski definition) is 3. The van der Waals surface area contributed by atoms with Crippen molar-refractivity contribution in [3.8, 4) is 0 Å². The van der Waals surface area contributed by atoms with Gasteiger partial charge in [-0.05, 0) is 42.2 Å². The van der Waals surface area contributed by atoms with Gasteiger partial charge in [-0.3, -0.25) is 9.94 Å². The Hall–Kier alpha value is -1.80. The van der Waals surface area contributed by atoms with Crippen molar-refractivity contribution >= 4 is 34.1 Å². The average molecular weight is 433 g/mol. The van der Waals surface area contributed by atoms with Gasteiger partial charge in [-0.15, -0.1) is 0 Å². The number of aromatic nitrogens is 2. The normalized spacial score (nSPS) is 13.2. The van der Waals surface area contributed by atoms with Crippen LogP contribution in [-0.2, 0) is 24.0 Å². The molecule has 4 nitrogen and oxygen atoms in total. The minimum atomic E-state index is -4.46. The van der Waals surface area contributed by atoms with E-state index in [1.165, 1.54) is 10.7 Å². The first-order valence-corrected chi connectivity index (χ1v) is 9.21. The van der Waals surface area contributed by atoms with Crippen molar-refractivity contribution in [2.75, 3.05) is 6.61 Å². The van der Waals surface area contributed by atoms with Crippen LogP contribution in [-0.4, -0.2) is 21.6 Å². The number of rotatable bonds is 6. The highest BCUT2D eigenvalue weighted by Crippen LogP contribution is 2.33. The molecular formula is C19H17Cl2F3N2O2. The van der Waals surface area contributed by atoms with Gasteiger partial charge in [-0.2, -0.15) is 18.3 Å². The molecule has 0 aliphatic carbocycles. The van der Waals surface area contributed by atoms with Crippen LogP contribution in [0.2, 0.25) is 10.0 Å². The zero-order valence-electron chi connectivity index (χ0n) is 14.8. The highest BCUT2D eigenvalue weighted by atomic mass is 35.5. The van der Waals surface area contributed by atoms with E-state index in [0.29, 0.717) is 38.6 Å². The minimum absolute atomic E-state index is 0.0713. The summed E-state index contributed by atoms with van der Waals surface area (Å²) in [6, 6.07) is 8.51. The van der Waals surface area contributed by atoms with Gasteiger partial charge in [-0.25, -0.2) is 4.89 Å². The molecule has 1 N–H and O–H groups in total. The second kappa shape index (κ2) is 8.29. The fourth-order valence-corrected chi connectivity index (χ4v) is 3.49. The van der Waals surface area contributed by atoms with Crippen molar-refractivity contribution in [2.24, 2.45) is 5.92 Å². The van der Waals surface area contributed by atoms with Gasteiger partial charge in [0.2, 0.25) is 0 Å². The topological polar surface area (TPSA) is 47.3 Å². The summed E-state index contributed by atoms with van der Waals surface area (Å²) >= 11 is 12.1. The molecule has 1 unspecified atom stereocenters. The second-order valence-corrected chi connectivity index (χ2v) is 7.52. The summed E-state index contributed by atoms with van der Waals surface area (Å²) < 4.78 is 41.1. The van der Waals surface area contributed by atoms with E-state index in [1.54, 1.807) is 18.2 Å². The summed E-state index contributed by atoms with van der Waals surface area (Å²) in [4.78, 5) is 4.17. The van der Waals surface area contributed by atoms with Crippen LogP contribution < -0.4 is 0 Å². The Balaban J connectivity index is 2.07. The average Bonchev–Trinajstić information content (AvgIpc) is 2.94. The molecular weight excluding hydrogens is 416 g/mol. The maximum absolute atomic E-state index is 13.2. The quantitative estimate of drug-likeness (QED) is 0.379. The lowest BCUT2D eigenvalue weighted by Gasteiger charge is -2.09. The summed E-state index contributed by atoms with van der Waals surface area (Å²) in [5.41, 5.74) is 0.916. The molecule has 0 saturated carbocycles. The number of benzene rings is 2. The molecule has 0 saturated heterocycles. The molecule has 1 heterocycles. The van der Waals surface area contributed by atoms with Gasteiger partial charge in [0.05, 0.1) is 29.9 Å². The van der Waals surface area contributed by atoms with E-state index in [9.17, 15) is 13.2 Å². The molecule has 1 atom stereocenters. The van der Waals surface area contributed by atoms with E-state index in [-0.39, 0.29) is 19.1 Å². The second-order valence-electron chi connectivity index (χ2n) is 6.67. The number of nitrogens with zero attached hydrogens (tertiary/aromatic N) is 2. The maximum atomic E-state index is 13.2. The van der Waals surface area contributed by atoms with E-state index in [2.05, 4.69) is 9.99 Å². The molecule has 3 aromatic rings. The molecule has 0 aliphatic heterocycles. The number of halogens is 5. The van der Waals surface area contributed by atoms with Crippen molar-refractivity contribution in [1.82, 2.24) is 9.78 Å². The fraction of sp³-hybridized carbons (Fsp3) is 0.316. The fourth-order valence-electron chi connectivity index (χ4n) is 3.02. The van der Waals surface area contributed by atoms with Gasteiger partial charge in [0.15, 0.2) is 0 Å². The van der Waals surface area contributed by atoms with Gasteiger partial charge in [-0.1, -0.05) is 42.3 Å². The lowest BCUT2D eigenvalue weighted by atomic mass is 10.0. The van der Waals surface area contributed by atoms with E-state index < -0.39 is 11.7 Å². The number of alkyl halides is 3. The number of fused-ring (bicyclic) bond motifs is 1. The van der Waals surface area contributed by atoms with Crippen LogP contribution in [0.4, 0.5) is 13.2 Å². The molecule has 150 valence electrons. The first-order chi connectivity index (χ1) is 13.2. The van der Waals surface area contributed by atoms with Gasteiger partial charge < -0.3 is 0 Å². The molecule has 9 heteroatoms. The Morgan fingerprint density at radius 2 is 1.93 bits per heavy atom. The van der Waals surface area contributed by atoms with Crippen molar-refractivity contribution in [1.29, 1.82) is 0 Å². The Morgan fingerprint density at radius 1 is 1.18 bits per heavy atom. The monoisotopic (exact) mass is 432 g/mol. The molecule has 0 spiro atoms. The lowest BCUT2D eigenvalue weighted by molar-refractivity contribution is -0.249. The Labute approximate surface area is 169 Å². The first-order valence-electron chi connectivity index (χ1n) is 8.46. The largest absolute Gasteiger partial charge is 0.416 e. The Kier molecular flexibility index (Phi) is 6.19. The van der Waals surface area contributed by atoms with E-state index in [4.69, 9.17) is 28.5 Å². The summed E-state index contributed by atoms with van der Waals surface area (Å²) in [6.07, 6.45) is -4.02. The standard InChI is InChI=1S/C19H17Cl2F3N2O2/c1-11(10-28-27)6-17-15-5-3-13(19(22,23)24)7-18(15)26(25-17)9-12-2-4-14(20)8-16(12)21/h2-5,7-8,11,27H,6,9-10H2,1H3. The first kappa shape index (κ1) is 20.9. The summed E-state index contributed by atoms with van der Waals surface area (Å²) in [5, 5.41) is 14.6. The van der Waals surface area contributed by atoms with Crippen molar-refractivity contribution < 1.29 is 23.3 Å². The molecule has 0 aliphatic rings. The van der Waals surface area contributed by atoms with Crippen LogP contribution in [0.5, 0.6) is 0 Å². The van der Waals surface area contributed by atoms with Crippen molar-refractivity contribution in [3.63, 3.8) is 0 Å². The molecule has 2 aromatic carbocycles. The molecule has 0 radical (unpaired) electrons. The smallest absolute Gasteiger partial charge is 0.260 e.